The number of rotatable bonds is 1. The Bertz CT molecular complexity index is 551. The number of carbonyl (C=O) groups is 2. The smallest absolute Gasteiger partial charge is 0.312 e. The minimum Gasteiger partial charge on any atom is -0.312 e. The van der Waals surface area contributed by atoms with E-state index in [0.29, 0.717) is 18.3 Å². The average molecular weight is 262 g/mol. The SMILES string of the molecule is Cc1cc(N2C(=O)C3CC(C)CCN3C2=O)n(C)n1. The molecule has 3 rings (SSSR count). The first-order valence-corrected chi connectivity index (χ1v) is 6.64. The molecule has 3 heterocycles. The molecule has 1 aromatic rings. The van der Waals surface area contributed by atoms with Gasteiger partial charge in [-0.15, -0.1) is 0 Å². The van der Waals surface area contributed by atoms with Crippen LogP contribution in [0.25, 0.3) is 0 Å². The zero-order chi connectivity index (χ0) is 13.7. The van der Waals surface area contributed by atoms with Crippen LogP contribution in [0.2, 0.25) is 0 Å². The lowest BCUT2D eigenvalue weighted by molar-refractivity contribution is -0.120. The summed E-state index contributed by atoms with van der Waals surface area (Å²) in [5.41, 5.74) is 0.802. The van der Waals surface area contributed by atoms with E-state index in [4.69, 9.17) is 0 Å². The number of piperidine rings is 1. The lowest BCUT2D eigenvalue weighted by Crippen LogP contribution is -2.41. The molecule has 3 amide bonds. The average Bonchev–Trinajstić information content (AvgIpc) is 2.78. The van der Waals surface area contributed by atoms with Gasteiger partial charge in [-0.1, -0.05) is 6.92 Å². The first-order valence-electron chi connectivity index (χ1n) is 6.64. The predicted octanol–water partition coefficient (Wildman–Crippen LogP) is 1.30. The minimum absolute atomic E-state index is 0.112. The molecule has 0 aliphatic carbocycles. The van der Waals surface area contributed by atoms with Crippen molar-refractivity contribution >= 4 is 17.8 Å². The second-order valence-electron chi connectivity index (χ2n) is 5.56. The maximum absolute atomic E-state index is 12.5. The first-order chi connectivity index (χ1) is 8.99. The molecular formula is C13H18N4O2. The number of anilines is 1. The molecule has 2 aliphatic rings. The largest absolute Gasteiger partial charge is 0.333 e. The molecule has 0 radical (unpaired) electrons. The van der Waals surface area contributed by atoms with Gasteiger partial charge in [0.15, 0.2) is 0 Å². The van der Waals surface area contributed by atoms with Crippen LogP contribution in [-0.4, -0.2) is 39.2 Å². The summed E-state index contributed by atoms with van der Waals surface area (Å²) in [5.74, 6) is 0.945. The number of carbonyl (C=O) groups excluding carboxylic acids is 2. The van der Waals surface area contributed by atoms with Gasteiger partial charge in [-0.05, 0) is 25.7 Å². The van der Waals surface area contributed by atoms with Crippen molar-refractivity contribution in [2.75, 3.05) is 11.4 Å². The van der Waals surface area contributed by atoms with Crippen molar-refractivity contribution in [1.82, 2.24) is 14.7 Å². The van der Waals surface area contributed by atoms with Gasteiger partial charge in [-0.3, -0.25) is 9.48 Å². The van der Waals surface area contributed by atoms with Gasteiger partial charge < -0.3 is 4.90 Å². The minimum atomic E-state index is -0.286. The number of hydrogen-bond donors (Lipinski definition) is 0. The molecule has 0 saturated carbocycles. The van der Waals surface area contributed by atoms with Crippen LogP contribution in [-0.2, 0) is 11.8 Å². The summed E-state index contributed by atoms with van der Waals surface area (Å²) in [6.07, 6.45) is 1.73. The molecule has 2 fully saturated rings. The number of fused-ring (bicyclic) bond motifs is 1. The van der Waals surface area contributed by atoms with Crippen LogP contribution >= 0.6 is 0 Å². The Morgan fingerprint density at radius 2 is 2.11 bits per heavy atom. The molecule has 2 saturated heterocycles. The molecule has 6 nitrogen and oxygen atoms in total. The monoisotopic (exact) mass is 262 g/mol. The number of aromatic nitrogens is 2. The fraction of sp³-hybridized carbons (Fsp3) is 0.615. The normalized spacial score (nSPS) is 27.1. The van der Waals surface area contributed by atoms with Gasteiger partial charge >= 0.3 is 6.03 Å². The Morgan fingerprint density at radius 3 is 2.74 bits per heavy atom. The van der Waals surface area contributed by atoms with Crippen LogP contribution in [0.3, 0.4) is 0 Å². The lowest BCUT2D eigenvalue weighted by Gasteiger charge is -2.30. The second kappa shape index (κ2) is 4.08. The summed E-state index contributed by atoms with van der Waals surface area (Å²) >= 11 is 0. The van der Waals surface area contributed by atoms with E-state index in [2.05, 4.69) is 12.0 Å². The van der Waals surface area contributed by atoms with Gasteiger partial charge in [-0.2, -0.15) is 5.10 Å². The van der Waals surface area contributed by atoms with E-state index in [-0.39, 0.29) is 18.0 Å². The van der Waals surface area contributed by atoms with Gasteiger partial charge in [0.2, 0.25) is 0 Å². The molecule has 2 atom stereocenters. The van der Waals surface area contributed by atoms with Gasteiger partial charge in [-0.25, -0.2) is 9.69 Å². The Hall–Kier alpha value is -1.85. The number of aryl methyl sites for hydroxylation is 2. The number of hydrogen-bond acceptors (Lipinski definition) is 3. The molecule has 6 heteroatoms. The Kier molecular flexibility index (Phi) is 2.62. The molecule has 2 unspecified atom stereocenters. The summed E-state index contributed by atoms with van der Waals surface area (Å²) in [7, 11) is 1.75. The van der Waals surface area contributed by atoms with E-state index in [1.165, 1.54) is 4.90 Å². The van der Waals surface area contributed by atoms with Gasteiger partial charge in [0.05, 0.1) is 5.69 Å². The van der Waals surface area contributed by atoms with Crippen molar-refractivity contribution in [3.63, 3.8) is 0 Å². The fourth-order valence-corrected chi connectivity index (χ4v) is 2.99. The summed E-state index contributed by atoms with van der Waals surface area (Å²) in [6.45, 7) is 4.65. The van der Waals surface area contributed by atoms with Crippen LogP contribution in [0, 0.1) is 12.8 Å². The third kappa shape index (κ3) is 1.74. The highest BCUT2D eigenvalue weighted by Crippen LogP contribution is 2.32. The molecule has 0 bridgehead atoms. The lowest BCUT2D eigenvalue weighted by atomic mass is 9.93. The van der Waals surface area contributed by atoms with Crippen molar-refractivity contribution in [2.24, 2.45) is 13.0 Å². The zero-order valence-electron chi connectivity index (χ0n) is 11.5. The van der Waals surface area contributed by atoms with Gasteiger partial charge in [0.25, 0.3) is 5.91 Å². The molecule has 0 N–H and O–H groups in total. The van der Waals surface area contributed by atoms with Gasteiger partial charge in [0.1, 0.15) is 11.9 Å². The number of urea groups is 1. The van der Waals surface area contributed by atoms with E-state index in [9.17, 15) is 9.59 Å². The number of nitrogens with zero attached hydrogens (tertiary/aromatic N) is 4. The van der Waals surface area contributed by atoms with Crippen LogP contribution in [0.15, 0.2) is 6.07 Å². The van der Waals surface area contributed by atoms with Crippen LogP contribution < -0.4 is 4.90 Å². The third-order valence-electron chi connectivity index (χ3n) is 4.01. The van der Waals surface area contributed by atoms with Crippen molar-refractivity contribution < 1.29 is 9.59 Å². The highest BCUT2D eigenvalue weighted by Gasteiger charge is 2.48. The van der Waals surface area contributed by atoms with Crippen molar-refractivity contribution in [3.05, 3.63) is 11.8 Å². The Morgan fingerprint density at radius 1 is 1.37 bits per heavy atom. The van der Waals surface area contributed by atoms with Crippen LogP contribution in [0.4, 0.5) is 10.6 Å². The van der Waals surface area contributed by atoms with E-state index in [1.807, 2.05) is 6.92 Å². The number of imide groups is 1. The standard InChI is InChI=1S/C13H18N4O2/c1-8-4-5-16-10(6-8)12(18)17(13(16)19)11-7-9(2)14-15(11)3/h7-8,10H,4-6H2,1-3H3. The van der Waals surface area contributed by atoms with Crippen LogP contribution in [0.5, 0.6) is 0 Å². The molecule has 0 spiro atoms. The highest BCUT2D eigenvalue weighted by atomic mass is 16.2. The maximum Gasteiger partial charge on any atom is 0.333 e. The molecule has 0 aromatic carbocycles. The molecule has 2 aliphatic heterocycles. The van der Waals surface area contributed by atoms with Gasteiger partial charge in [0, 0.05) is 19.7 Å². The topological polar surface area (TPSA) is 58.4 Å². The molecule has 1 aromatic heterocycles. The summed E-state index contributed by atoms with van der Waals surface area (Å²) in [4.78, 5) is 27.9. The maximum atomic E-state index is 12.5. The van der Waals surface area contributed by atoms with E-state index in [0.717, 1.165) is 18.5 Å². The first kappa shape index (κ1) is 12.2. The molecule has 19 heavy (non-hydrogen) atoms. The quantitative estimate of drug-likeness (QED) is 0.717. The zero-order valence-corrected chi connectivity index (χ0v) is 11.5. The van der Waals surface area contributed by atoms with Crippen molar-refractivity contribution in [1.29, 1.82) is 0 Å². The second-order valence-corrected chi connectivity index (χ2v) is 5.56. The Labute approximate surface area is 112 Å². The number of amides is 3. The summed E-state index contributed by atoms with van der Waals surface area (Å²) < 4.78 is 1.59. The van der Waals surface area contributed by atoms with Crippen molar-refractivity contribution in [2.45, 2.75) is 32.7 Å². The predicted molar refractivity (Wildman–Crippen MR) is 69.7 cm³/mol. The Balaban J connectivity index is 1.97. The van der Waals surface area contributed by atoms with E-state index in [1.54, 1.807) is 22.7 Å². The van der Waals surface area contributed by atoms with E-state index < -0.39 is 0 Å². The fourth-order valence-electron chi connectivity index (χ4n) is 2.99. The van der Waals surface area contributed by atoms with E-state index >= 15 is 0 Å². The molecular weight excluding hydrogens is 244 g/mol. The third-order valence-corrected chi connectivity index (χ3v) is 4.01. The highest BCUT2D eigenvalue weighted by molar-refractivity contribution is 6.21. The van der Waals surface area contributed by atoms with Crippen molar-refractivity contribution in [3.8, 4) is 0 Å². The summed E-state index contributed by atoms with van der Waals surface area (Å²) in [5, 5.41) is 4.21. The van der Waals surface area contributed by atoms with Crippen LogP contribution in [0.1, 0.15) is 25.5 Å². The molecule has 102 valence electrons. The summed E-state index contributed by atoms with van der Waals surface area (Å²) in [6, 6.07) is 1.29.